The summed E-state index contributed by atoms with van der Waals surface area (Å²) >= 11 is 0. The Bertz CT molecular complexity index is 522. The molecule has 0 bridgehead atoms. The van der Waals surface area contributed by atoms with Crippen molar-refractivity contribution >= 4 is 29.5 Å². The maximum Gasteiger partial charge on any atom is 0.149 e. The fraction of sp³-hybridized carbons (Fsp3) is 1.00. The van der Waals surface area contributed by atoms with E-state index in [2.05, 4.69) is 20.8 Å². The number of rotatable bonds is 3. The topological polar surface area (TPSA) is 102 Å². The average molecular weight is 425 g/mol. The highest BCUT2D eigenvalue weighted by molar-refractivity contribution is 7.91. The summed E-state index contributed by atoms with van der Waals surface area (Å²) in [6.45, 7) is 16.5. The molecule has 0 amide bonds. The van der Waals surface area contributed by atoms with Gasteiger partial charge in [-0.2, -0.15) is 0 Å². The minimum Gasteiger partial charge on any atom is -0.229 e. The molecule has 0 saturated carbocycles. The van der Waals surface area contributed by atoms with Crippen molar-refractivity contribution in [1.82, 2.24) is 0 Å². The van der Waals surface area contributed by atoms with Crippen molar-refractivity contribution in [2.75, 3.05) is 18.8 Å². The number of sulfone groups is 3. The molecular weight excluding hydrogens is 384 g/mol. The second-order valence-corrected chi connectivity index (χ2v) is 15.2. The molecule has 0 fully saturated rings. The van der Waals surface area contributed by atoms with E-state index in [0.29, 0.717) is 0 Å². The highest BCUT2D eigenvalue weighted by Gasteiger charge is 2.06. The molecule has 0 aliphatic heterocycles. The van der Waals surface area contributed by atoms with Crippen LogP contribution in [0.2, 0.25) is 0 Å². The first kappa shape index (κ1) is 32.5. The molecule has 0 heterocycles. The first-order valence-electron chi connectivity index (χ1n) is 8.13. The van der Waals surface area contributed by atoms with Crippen LogP contribution < -0.4 is 0 Å². The molecule has 0 aliphatic rings. The summed E-state index contributed by atoms with van der Waals surface area (Å²) in [5, 5.41) is -0.688. The zero-order chi connectivity index (χ0) is 21.8. The van der Waals surface area contributed by atoms with Gasteiger partial charge in [-0.05, 0) is 47.5 Å². The summed E-state index contributed by atoms with van der Waals surface area (Å²) in [5.41, 5.74) is 0. The third-order valence-electron chi connectivity index (χ3n) is 2.57. The molecule has 9 heteroatoms. The molecule has 6 nitrogen and oxygen atoms in total. The van der Waals surface area contributed by atoms with Gasteiger partial charge in [0.05, 0.1) is 15.7 Å². The Labute approximate surface area is 157 Å². The molecule has 0 atom stereocenters. The standard InChI is InChI=1S/3C4H10O2S.C4H10/c3*1-4(2)7(3,5)6;1-4(2)3/h3*4H,1-3H3;4H,1-3H3. The van der Waals surface area contributed by atoms with Gasteiger partial charge in [-0.3, -0.25) is 0 Å². The largest absolute Gasteiger partial charge is 0.229 e. The predicted molar refractivity (Wildman–Crippen MR) is 110 cm³/mol. The monoisotopic (exact) mass is 424 g/mol. The molecule has 0 aromatic carbocycles. The third kappa shape index (κ3) is 35.7. The first-order valence-corrected chi connectivity index (χ1v) is 14.0. The zero-order valence-electron chi connectivity index (χ0n) is 18.0. The van der Waals surface area contributed by atoms with E-state index in [0.717, 1.165) is 5.92 Å². The Balaban J connectivity index is -0.000000120. The lowest BCUT2D eigenvalue weighted by Gasteiger charge is -1.96. The summed E-state index contributed by atoms with van der Waals surface area (Å²) in [6.07, 6.45) is 3.70. The minimum atomic E-state index is -2.74. The molecule has 25 heavy (non-hydrogen) atoms. The maximum atomic E-state index is 10.3. The van der Waals surface area contributed by atoms with Crippen molar-refractivity contribution in [3.63, 3.8) is 0 Å². The van der Waals surface area contributed by atoms with Crippen LogP contribution in [0.15, 0.2) is 0 Å². The van der Waals surface area contributed by atoms with Gasteiger partial charge in [-0.15, -0.1) is 0 Å². The SMILES string of the molecule is CC(C)C.CC(C)S(C)(=O)=O.CC(C)S(C)(=O)=O.CC(C)S(C)(=O)=O. The molecular formula is C16H40O6S3. The van der Waals surface area contributed by atoms with Crippen LogP contribution in [0.25, 0.3) is 0 Å². The van der Waals surface area contributed by atoms with Crippen LogP contribution in [0.4, 0.5) is 0 Å². The van der Waals surface area contributed by atoms with Crippen molar-refractivity contribution < 1.29 is 25.3 Å². The van der Waals surface area contributed by atoms with Crippen LogP contribution in [0.1, 0.15) is 62.3 Å². The van der Waals surface area contributed by atoms with Crippen LogP contribution in [-0.4, -0.2) is 59.8 Å². The zero-order valence-corrected chi connectivity index (χ0v) is 20.4. The van der Waals surface area contributed by atoms with Crippen molar-refractivity contribution in [3.8, 4) is 0 Å². The Kier molecular flexibility index (Phi) is 18.2. The fourth-order valence-corrected chi connectivity index (χ4v) is 0. The molecule has 0 unspecified atom stereocenters. The average Bonchev–Trinajstić information content (AvgIpc) is 2.25. The van der Waals surface area contributed by atoms with Gasteiger partial charge >= 0.3 is 0 Å². The van der Waals surface area contributed by atoms with E-state index in [1.54, 1.807) is 41.5 Å². The Hall–Kier alpha value is -0.150. The van der Waals surface area contributed by atoms with E-state index in [9.17, 15) is 25.3 Å². The summed E-state index contributed by atoms with van der Waals surface area (Å²) in [6, 6.07) is 0. The molecule has 0 N–H and O–H groups in total. The maximum absolute atomic E-state index is 10.3. The second-order valence-electron chi connectivity index (χ2n) is 7.37. The lowest BCUT2D eigenvalue weighted by atomic mass is 10.3. The normalized spacial score (nSPS) is 12.0. The van der Waals surface area contributed by atoms with Crippen molar-refractivity contribution in [2.24, 2.45) is 5.92 Å². The van der Waals surface area contributed by atoms with Gasteiger partial charge in [0.1, 0.15) is 29.5 Å². The summed E-state index contributed by atoms with van der Waals surface area (Å²) in [7, 11) is -8.22. The lowest BCUT2D eigenvalue weighted by Crippen LogP contribution is -2.10. The van der Waals surface area contributed by atoms with E-state index in [-0.39, 0.29) is 15.7 Å². The van der Waals surface area contributed by atoms with Crippen LogP contribution in [-0.2, 0) is 29.5 Å². The van der Waals surface area contributed by atoms with Gasteiger partial charge in [0.25, 0.3) is 0 Å². The van der Waals surface area contributed by atoms with Crippen LogP contribution in [0.5, 0.6) is 0 Å². The number of hydrogen-bond acceptors (Lipinski definition) is 6. The fourth-order valence-electron chi connectivity index (χ4n) is 0. The van der Waals surface area contributed by atoms with Gasteiger partial charge in [-0.25, -0.2) is 25.3 Å². The summed E-state index contributed by atoms with van der Waals surface area (Å²) in [4.78, 5) is 0. The Morgan fingerprint density at radius 2 is 0.440 bits per heavy atom. The minimum absolute atomic E-state index is 0.229. The van der Waals surface area contributed by atoms with Crippen molar-refractivity contribution in [2.45, 2.75) is 78.1 Å². The van der Waals surface area contributed by atoms with Gasteiger partial charge in [0.15, 0.2) is 0 Å². The highest BCUT2D eigenvalue weighted by Crippen LogP contribution is 1.93. The molecule has 0 spiro atoms. The van der Waals surface area contributed by atoms with Crippen LogP contribution in [0, 0.1) is 5.92 Å². The van der Waals surface area contributed by atoms with Gasteiger partial charge in [0, 0.05) is 18.8 Å². The molecule has 0 rings (SSSR count). The predicted octanol–water partition coefficient (Wildman–Crippen LogP) is 2.98. The van der Waals surface area contributed by atoms with E-state index in [1.165, 1.54) is 18.8 Å². The van der Waals surface area contributed by atoms with Gasteiger partial charge < -0.3 is 0 Å². The number of hydrogen-bond donors (Lipinski definition) is 0. The van der Waals surface area contributed by atoms with E-state index in [1.807, 2.05) is 0 Å². The molecule has 0 aliphatic carbocycles. The van der Waals surface area contributed by atoms with Crippen molar-refractivity contribution in [3.05, 3.63) is 0 Å². The lowest BCUT2D eigenvalue weighted by molar-refractivity contribution is 0.592. The van der Waals surface area contributed by atoms with E-state index < -0.39 is 29.5 Å². The van der Waals surface area contributed by atoms with Crippen LogP contribution in [0.3, 0.4) is 0 Å². The Morgan fingerprint density at radius 3 is 0.440 bits per heavy atom. The van der Waals surface area contributed by atoms with Gasteiger partial charge in [0.2, 0.25) is 0 Å². The second kappa shape index (κ2) is 14.0. The summed E-state index contributed by atoms with van der Waals surface area (Å²) in [5.74, 6) is 0.833. The quantitative estimate of drug-likeness (QED) is 0.690. The van der Waals surface area contributed by atoms with E-state index in [4.69, 9.17) is 0 Å². The smallest absolute Gasteiger partial charge is 0.149 e. The molecule has 0 radical (unpaired) electrons. The Morgan fingerprint density at radius 1 is 0.400 bits per heavy atom. The van der Waals surface area contributed by atoms with Crippen molar-refractivity contribution in [1.29, 1.82) is 0 Å². The third-order valence-corrected chi connectivity index (χ3v) is 7.71. The highest BCUT2D eigenvalue weighted by atomic mass is 32.2. The molecule has 0 saturated heterocycles. The molecule has 0 aromatic heterocycles. The van der Waals surface area contributed by atoms with Crippen LogP contribution >= 0.6 is 0 Å². The van der Waals surface area contributed by atoms with E-state index >= 15 is 0 Å². The first-order chi connectivity index (χ1) is 10.6. The molecule has 158 valence electrons. The summed E-state index contributed by atoms with van der Waals surface area (Å²) < 4.78 is 62.0. The van der Waals surface area contributed by atoms with Gasteiger partial charge in [-0.1, -0.05) is 20.8 Å². The molecule has 0 aromatic rings.